The van der Waals surface area contributed by atoms with Gasteiger partial charge < -0.3 is 4.90 Å². The van der Waals surface area contributed by atoms with E-state index >= 15 is 0 Å². The van der Waals surface area contributed by atoms with Gasteiger partial charge in [-0.05, 0) is 55.3 Å². The van der Waals surface area contributed by atoms with Crippen molar-refractivity contribution in [1.29, 1.82) is 0 Å². The van der Waals surface area contributed by atoms with Crippen molar-refractivity contribution >= 4 is 27.3 Å². The molecule has 1 atom stereocenters. The van der Waals surface area contributed by atoms with E-state index in [4.69, 9.17) is 0 Å². The Hall–Kier alpha value is -3.12. The number of amides is 1. The molecule has 0 unspecified atom stereocenters. The molecule has 0 radical (unpaired) electrons. The quantitative estimate of drug-likeness (QED) is 0.655. The van der Waals surface area contributed by atoms with E-state index in [1.807, 2.05) is 37.3 Å². The largest absolute Gasteiger partial charge is 0.305 e. The third kappa shape index (κ3) is 3.40. The first-order chi connectivity index (χ1) is 13.9. The number of carbonyl (C=O) groups is 1. The topological polar surface area (TPSA) is 57.7 Å². The van der Waals surface area contributed by atoms with Crippen LogP contribution in [0.25, 0.3) is 0 Å². The molecular weight excluding hydrogens is 384 g/mol. The third-order valence-electron chi connectivity index (χ3n) is 5.29. The Balaban J connectivity index is 1.68. The Morgan fingerprint density at radius 2 is 1.66 bits per heavy atom. The van der Waals surface area contributed by atoms with Crippen LogP contribution in [0, 0.1) is 0 Å². The van der Waals surface area contributed by atoms with Crippen LogP contribution in [0.2, 0.25) is 0 Å². The van der Waals surface area contributed by atoms with Crippen molar-refractivity contribution in [3.8, 4) is 0 Å². The fourth-order valence-corrected chi connectivity index (χ4v) is 4.98. The highest BCUT2D eigenvalue weighted by Gasteiger charge is 2.32. The number of hydrogen-bond donors (Lipinski definition) is 0. The molecule has 0 aliphatic carbocycles. The van der Waals surface area contributed by atoms with Crippen LogP contribution in [-0.4, -0.2) is 27.4 Å². The number of fused-ring (bicyclic) bond motifs is 1. The minimum absolute atomic E-state index is 0.0205. The highest BCUT2D eigenvalue weighted by Crippen LogP contribution is 2.33. The number of sulfonamides is 1. The zero-order valence-electron chi connectivity index (χ0n) is 16.3. The molecule has 0 saturated heterocycles. The molecule has 0 N–H and O–H groups in total. The Labute approximate surface area is 171 Å². The molecule has 4 rings (SSSR count). The van der Waals surface area contributed by atoms with Crippen molar-refractivity contribution in [2.24, 2.45) is 0 Å². The van der Waals surface area contributed by atoms with Crippen molar-refractivity contribution in [2.45, 2.75) is 24.3 Å². The van der Waals surface area contributed by atoms with Crippen LogP contribution in [-0.2, 0) is 16.4 Å². The summed E-state index contributed by atoms with van der Waals surface area (Å²) in [6, 6.07) is 23.0. The number of hydrogen-bond acceptors (Lipinski definition) is 3. The molecule has 5 nitrogen and oxygen atoms in total. The van der Waals surface area contributed by atoms with Gasteiger partial charge in [0.1, 0.15) is 0 Å². The summed E-state index contributed by atoms with van der Waals surface area (Å²) in [4.78, 5) is 15.1. The van der Waals surface area contributed by atoms with Crippen molar-refractivity contribution < 1.29 is 13.2 Å². The van der Waals surface area contributed by atoms with Crippen LogP contribution in [0.15, 0.2) is 83.8 Å². The molecule has 3 aromatic carbocycles. The highest BCUT2D eigenvalue weighted by atomic mass is 32.2. The first-order valence-corrected chi connectivity index (χ1v) is 10.9. The second kappa shape index (κ2) is 7.37. The van der Waals surface area contributed by atoms with Gasteiger partial charge in [0.15, 0.2) is 0 Å². The Bertz CT molecular complexity index is 1160. The van der Waals surface area contributed by atoms with E-state index in [1.54, 1.807) is 41.3 Å². The summed E-state index contributed by atoms with van der Waals surface area (Å²) in [5.74, 6) is -0.193. The van der Waals surface area contributed by atoms with Crippen LogP contribution in [0.1, 0.15) is 22.8 Å². The van der Waals surface area contributed by atoms with E-state index in [0.717, 1.165) is 17.7 Å². The van der Waals surface area contributed by atoms with Crippen molar-refractivity contribution in [3.63, 3.8) is 0 Å². The highest BCUT2D eigenvalue weighted by molar-refractivity contribution is 7.92. The van der Waals surface area contributed by atoms with Crippen LogP contribution in [0.5, 0.6) is 0 Å². The summed E-state index contributed by atoms with van der Waals surface area (Å²) < 4.78 is 27.4. The van der Waals surface area contributed by atoms with Gasteiger partial charge in [-0.3, -0.25) is 9.10 Å². The molecule has 0 bridgehead atoms. The number of anilines is 2. The molecule has 1 amide bonds. The number of para-hydroxylation sites is 2. The number of benzene rings is 3. The third-order valence-corrected chi connectivity index (χ3v) is 7.07. The van der Waals surface area contributed by atoms with Gasteiger partial charge >= 0.3 is 0 Å². The van der Waals surface area contributed by atoms with Crippen LogP contribution >= 0.6 is 0 Å². The van der Waals surface area contributed by atoms with E-state index in [1.165, 1.54) is 23.5 Å². The first-order valence-electron chi connectivity index (χ1n) is 9.45. The number of carbonyl (C=O) groups excluding carboxylic acids is 1. The lowest BCUT2D eigenvalue weighted by Crippen LogP contribution is -2.36. The number of nitrogens with zero attached hydrogens (tertiary/aromatic N) is 2. The second-order valence-corrected chi connectivity index (χ2v) is 9.16. The van der Waals surface area contributed by atoms with E-state index in [0.29, 0.717) is 11.3 Å². The van der Waals surface area contributed by atoms with Crippen LogP contribution in [0.3, 0.4) is 0 Å². The van der Waals surface area contributed by atoms with Crippen LogP contribution in [0.4, 0.5) is 11.4 Å². The van der Waals surface area contributed by atoms with Crippen LogP contribution < -0.4 is 9.21 Å². The predicted molar refractivity (Wildman–Crippen MR) is 115 cm³/mol. The molecule has 6 heteroatoms. The summed E-state index contributed by atoms with van der Waals surface area (Å²) in [5.41, 5.74) is 2.93. The lowest BCUT2D eigenvalue weighted by molar-refractivity contribution is 0.0981. The average Bonchev–Trinajstić information content (AvgIpc) is 3.09. The lowest BCUT2D eigenvalue weighted by atomic mass is 10.1. The summed E-state index contributed by atoms with van der Waals surface area (Å²) in [7, 11) is -2.27. The van der Waals surface area contributed by atoms with E-state index in [9.17, 15) is 13.2 Å². The Morgan fingerprint density at radius 3 is 2.41 bits per heavy atom. The van der Waals surface area contributed by atoms with Gasteiger partial charge in [0, 0.05) is 24.3 Å². The summed E-state index contributed by atoms with van der Waals surface area (Å²) in [6.07, 6.45) is 0.788. The van der Waals surface area contributed by atoms with Crippen molar-refractivity contribution in [3.05, 3.63) is 90.0 Å². The second-order valence-electron chi connectivity index (χ2n) is 7.19. The zero-order chi connectivity index (χ0) is 20.6. The maximum Gasteiger partial charge on any atom is 0.264 e. The normalized spacial score (nSPS) is 15.8. The van der Waals surface area contributed by atoms with Crippen molar-refractivity contribution in [2.75, 3.05) is 16.3 Å². The predicted octanol–water partition coefficient (Wildman–Crippen LogP) is 4.10. The zero-order valence-corrected chi connectivity index (χ0v) is 17.1. The molecular formula is C23H22N2O3S. The van der Waals surface area contributed by atoms with Gasteiger partial charge in [-0.2, -0.15) is 0 Å². The molecule has 1 aliphatic rings. The fourth-order valence-electron chi connectivity index (χ4n) is 3.74. The summed E-state index contributed by atoms with van der Waals surface area (Å²) in [6.45, 7) is 2.00. The van der Waals surface area contributed by atoms with Gasteiger partial charge in [0.05, 0.1) is 10.6 Å². The van der Waals surface area contributed by atoms with E-state index < -0.39 is 10.0 Å². The van der Waals surface area contributed by atoms with E-state index in [2.05, 4.69) is 0 Å². The summed E-state index contributed by atoms with van der Waals surface area (Å²) in [5, 5.41) is 0. The Morgan fingerprint density at radius 1 is 0.966 bits per heavy atom. The standard InChI is InChI=1S/C23H22N2O3S/c1-17-15-18-9-6-7-14-22(18)25(17)23(26)19-10-8-13-21(16-19)29(27,28)24(2)20-11-4-3-5-12-20/h3-14,16-17H,15H2,1-2H3/t17-/m0/s1. The lowest BCUT2D eigenvalue weighted by Gasteiger charge is -2.23. The molecule has 0 saturated carbocycles. The monoisotopic (exact) mass is 406 g/mol. The molecule has 0 aromatic heterocycles. The molecule has 3 aromatic rings. The minimum Gasteiger partial charge on any atom is -0.305 e. The molecule has 1 heterocycles. The minimum atomic E-state index is -3.78. The Kier molecular flexibility index (Phi) is 4.88. The molecule has 0 fully saturated rings. The van der Waals surface area contributed by atoms with E-state index in [-0.39, 0.29) is 16.8 Å². The molecule has 1 aliphatic heterocycles. The van der Waals surface area contributed by atoms with Gasteiger partial charge in [0.25, 0.3) is 15.9 Å². The smallest absolute Gasteiger partial charge is 0.264 e. The molecule has 29 heavy (non-hydrogen) atoms. The van der Waals surface area contributed by atoms with Gasteiger partial charge in [-0.25, -0.2) is 8.42 Å². The van der Waals surface area contributed by atoms with Crippen molar-refractivity contribution in [1.82, 2.24) is 0 Å². The van der Waals surface area contributed by atoms with Gasteiger partial charge in [-0.15, -0.1) is 0 Å². The molecule has 148 valence electrons. The molecule has 0 spiro atoms. The maximum absolute atomic E-state index is 13.3. The summed E-state index contributed by atoms with van der Waals surface area (Å²) >= 11 is 0. The number of rotatable bonds is 4. The fraction of sp³-hybridized carbons (Fsp3) is 0.174. The average molecular weight is 407 g/mol. The first kappa shape index (κ1) is 19.2. The van der Waals surface area contributed by atoms with Gasteiger partial charge in [0.2, 0.25) is 0 Å². The maximum atomic E-state index is 13.3. The van der Waals surface area contributed by atoms with Gasteiger partial charge in [-0.1, -0.05) is 42.5 Å². The SMILES string of the molecule is C[C@H]1Cc2ccccc2N1C(=O)c1cccc(S(=O)(=O)N(C)c2ccccc2)c1.